The molecule has 0 saturated heterocycles. The summed E-state index contributed by atoms with van der Waals surface area (Å²) in [6, 6.07) is 0. The largest absolute Gasteiger partial charge is 0.467 e. The van der Waals surface area contributed by atoms with Crippen LogP contribution in [0.25, 0.3) is 0 Å². The number of hydrogen-bond acceptors (Lipinski definition) is 3. The molecule has 0 fully saturated rings. The first kappa shape index (κ1) is 9.91. The van der Waals surface area contributed by atoms with Gasteiger partial charge in [-0.1, -0.05) is 15.9 Å². The van der Waals surface area contributed by atoms with Crippen LogP contribution < -0.4 is 0 Å². The van der Waals surface area contributed by atoms with E-state index >= 15 is 0 Å². The average Bonchev–Trinajstić information content (AvgIpc) is 1.89. The molecule has 0 aromatic carbocycles. The first-order chi connectivity index (χ1) is 4.81. The van der Waals surface area contributed by atoms with Crippen molar-refractivity contribution in [3.63, 3.8) is 0 Å². The molecule has 0 spiro atoms. The average molecular weight is 210 g/mol. The highest BCUT2D eigenvalue weighted by Gasteiger charge is 1.94. The van der Waals surface area contributed by atoms with E-state index in [1.807, 2.05) is 7.05 Å². The molecule has 0 heterocycles. The molecule has 0 aromatic heterocycles. The number of alkyl halides is 1. The van der Waals surface area contributed by atoms with E-state index in [2.05, 4.69) is 25.6 Å². The zero-order valence-electron chi connectivity index (χ0n) is 6.05. The topological polar surface area (TPSA) is 29.5 Å². The number of halogens is 1. The van der Waals surface area contributed by atoms with Gasteiger partial charge in [-0.25, -0.2) is 0 Å². The third-order valence-corrected chi connectivity index (χ3v) is 1.48. The van der Waals surface area contributed by atoms with Crippen molar-refractivity contribution in [2.75, 3.05) is 32.1 Å². The molecule has 0 aliphatic rings. The number of nitrogens with zero attached hydrogens (tertiary/aromatic N) is 1. The van der Waals surface area contributed by atoms with Crippen LogP contribution in [0.2, 0.25) is 0 Å². The summed E-state index contributed by atoms with van der Waals surface area (Å²) in [5, 5.41) is 0.949. The summed E-state index contributed by atoms with van der Waals surface area (Å²) < 4.78 is 4.51. The number of hydrogen-bond donors (Lipinski definition) is 0. The fourth-order valence-electron chi connectivity index (χ4n) is 0.513. The van der Waals surface area contributed by atoms with E-state index in [1.54, 1.807) is 0 Å². The molecular weight excluding hydrogens is 198 g/mol. The van der Waals surface area contributed by atoms with E-state index in [1.165, 1.54) is 0 Å². The maximum atomic E-state index is 9.69. The van der Waals surface area contributed by atoms with Crippen LogP contribution in [0.5, 0.6) is 0 Å². The van der Waals surface area contributed by atoms with Crippen LogP contribution >= 0.6 is 15.9 Å². The Bertz CT molecular complexity index is 89.8. The van der Waals surface area contributed by atoms with Gasteiger partial charge in [0.15, 0.2) is 0 Å². The summed E-state index contributed by atoms with van der Waals surface area (Å²) in [5.74, 6) is 0. The molecule has 4 heteroatoms. The highest BCUT2D eigenvalue weighted by molar-refractivity contribution is 9.09. The van der Waals surface area contributed by atoms with Gasteiger partial charge in [-0.15, -0.1) is 0 Å². The Kier molecular flexibility index (Phi) is 6.96. The molecule has 10 heavy (non-hydrogen) atoms. The van der Waals surface area contributed by atoms with Crippen molar-refractivity contribution in [3.05, 3.63) is 0 Å². The quantitative estimate of drug-likeness (QED) is 0.363. The molecule has 0 bridgehead atoms. The zero-order valence-corrected chi connectivity index (χ0v) is 7.63. The molecule has 3 nitrogen and oxygen atoms in total. The molecule has 0 aliphatic heterocycles. The summed E-state index contributed by atoms with van der Waals surface area (Å²) >= 11 is 3.31. The van der Waals surface area contributed by atoms with E-state index in [-0.39, 0.29) is 0 Å². The van der Waals surface area contributed by atoms with Crippen LogP contribution in [-0.4, -0.2) is 43.4 Å². The van der Waals surface area contributed by atoms with Crippen molar-refractivity contribution < 1.29 is 9.53 Å². The number of likely N-dealkylation sites (N-methyl/N-ethyl adjacent to an activating group) is 1. The van der Waals surface area contributed by atoms with Gasteiger partial charge in [0.1, 0.15) is 6.61 Å². The third kappa shape index (κ3) is 6.04. The summed E-state index contributed by atoms with van der Waals surface area (Å²) in [5.41, 5.74) is 0. The minimum atomic E-state index is 0.474. The lowest BCUT2D eigenvalue weighted by Gasteiger charge is -2.12. The summed E-state index contributed by atoms with van der Waals surface area (Å²) in [4.78, 5) is 11.8. The lowest BCUT2D eigenvalue weighted by Crippen LogP contribution is -2.24. The predicted octanol–water partition coefficient (Wildman–Crippen LogP) is 0.486. The first-order valence-corrected chi connectivity index (χ1v) is 4.23. The van der Waals surface area contributed by atoms with E-state index < -0.39 is 0 Å². The van der Waals surface area contributed by atoms with Crippen LogP contribution in [0.4, 0.5) is 0 Å². The maximum absolute atomic E-state index is 9.69. The molecule has 0 atom stereocenters. The molecule has 0 amide bonds. The summed E-state index contributed by atoms with van der Waals surface area (Å²) in [7, 11) is 1.98. The van der Waals surface area contributed by atoms with Gasteiger partial charge in [0.2, 0.25) is 0 Å². The number of rotatable bonds is 6. The standard InChI is InChI=1S/C6H12BrNO2/c1-8(3-2-7)4-5-10-6-9/h6H,2-5H2,1H3. The van der Waals surface area contributed by atoms with Gasteiger partial charge < -0.3 is 9.64 Å². The monoisotopic (exact) mass is 209 g/mol. The Morgan fingerprint density at radius 3 is 2.80 bits per heavy atom. The van der Waals surface area contributed by atoms with Crippen molar-refractivity contribution >= 4 is 22.4 Å². The Labute approximate surface area is 69.5 Å². The van der Waals surface area contributed by atoms with Crippen molar-refractivity contribution in [3.8, 4) is 0 Å². The van der Waals surface area contributed by atoms with Crippen LogP contribution in [0.15, 0.2) is 0 Å². The fourth-order valence-corrected chi connectivity index (χ4v) is 1.12. The summed E-state index contributed by atoms with van der Waals surface area (Å²) in [6.45, 7) is 2.72. The molecule has 60 valence electrons. The Morgan fingerprint density at radius 2 is 2.30 bits per heavy atom. The smallest absolute Gasteiger partial charge is 0.293 e. The van der Waals surface area contributed by atoms with E-state index in [4.69, 9.17) is 0 Å². The van der Waals surface area contributed by atoms with Crippen molar-refractivity contribution in [1.29, 1.82) is 0 Å². The molecule has 0 unspecified atom stereocenters. The van der Waals surface area contributed by atoms with Gasteiger partial charge in [-0.3, -0.25) is 4.79 Å². The minimum Gasteiger partial charge on any atom is -0.467 e. The second-order valence-electron chi connectivity index (χ2n) is 1.96. The van der Waals surface area contributed by atoms with Gasteiger partial charge >= 0.3 is 0 Å². The lowest BCUT2D eigenvalue weighted by molar-refractivity contribution is -0.129. The number of ether oxygens (including phenoxy) is 1. The van der Waals surface area contributed by atoms with Gasteiger partial charge in [0, 0.05) is 18.4 Å². The number of carbonyl (C=O) groups is 1. The molecular formula is C6H12BrNO2. The third-order valence-electron chi connectivity index (χ3n) is 1.13. The van der Waals surface area contributed by atoms with E-state index in [9.17, 15) is 4.79 Å². The zero-order chi connectivity index (χ0) is 7.82. The Hall–Kier alpha value is -0.0900. The van der Waals surface area contributed by atoms with E-state index in [0.29, 0.717) is 13.1 Å². The van der Waals surface area contributed by atoms with Gasteiger partial charge in [0.05, 0.1) is 0 Å². The maximum Gasteiger partial charge on any atom is 0.293 e. The van der Waals surface area contributed by atoms with Crippen LogP contribution in [-0.2, 0) is 9.53 Å². The highest BCUT2D eigenvalue weighted by Crippen LogP contribution is 1.85. The molecule has 0 aliphatic carbocycles. The van der Waals surface area contributed by atoms with Gasteiger partial charge in [0.25, 0.3) is 6.47 Å². The van der Waals surface area contributed by atoms with Crippen molar-refractivity contribution in [2.45, 2.75) is 0 Å². The van der Waals surface area contributed by atoms with Crippen molar-refractivity contribution in [1.82, 2.24) is 4.90 Å². The SMILES string of the molecule is CN(CCBr)CCOC=O. The second-order valence-corrected chi connectivity index (χ2v) is 2.75. The summed E-state index contributed by atoms with van der Waals surface area (Å²) in [6.07, 6.45) is 0. The fraction of sp³-hybridized carbons (Fsp3) is 0.833. The Morgan fingerprint density at radius 1 is 1.60 bits per heavy atom. The first-order valence-electron chi connectivity index (χ1n) is 3.11. The van der Waals surface area contributed by atoms with Crippen LogP contribution in [0.3, 0.4) is 0 Å². The molecule has 0 radical (unpaired) electrons. The molecule has 0 aromatic rings. The molecule has 0 saturated carbocycles. The lowest BCUT2D eigenvalue weighted by atomic mass is 10.5. The second kappa shape index (κ2) is 7.02. The molecule has 0 rings (SSSR count). The molecule has 0 N–H and O–H groups in total. The Balaban J connectivity index is 3.04. The minimum absolute atomic E-state index is 0.474. The van der Waals surface area contributed by atoms with Crippen molar-refractivity contribution in [2.24, 2.45) is 0 Å². The van der Waals surface area contributed by atoms with E-state index in [0.717, 1.165) is 18.4 Å². The highest BCUT2D eigenvalue weighted by atomic mass is 79.9. The normalized spacial score (nSPS) is 9.90. The predicted molar refractivity (Wildman–Crippen MR) is 43.3 cm³/mol. The number of carbonyl (C=O) groups excluding carboxylic acids is 1. The van der Waals surface area contributed by atoms with Gasteiger partial charge in [-0.05, 0) is 7.05 Å². The van der Waals surface area contributed by atoms with Crippen LogP contribution in [0, 0.1) is 0 Å². The van der Waals surface area contributed by atoms with Gasteiger partial charge in [-0.2, -0.15) is 0 Å². The van der Waals surface area contributed by atoms with Crippen LogP contribution in [0.1, 0.15) is 0 Å².